The number of non-ortho nitro benzene ring substituents is 1. The van der Waals surface area contributed by atoms with Gasteiger partial charge in [-0.15, -0.1) is 0 Å². The van der Waals surface area contributed by atoms with Gasteiger partial charge in [0.2, 0.25) is 5.90 Å². The summed E-state index contributed by atoms with van der Waals surface area (Å²) >= 11 is 0. The summed E-state index contributed by atoms with van der Waals surface area (Å²) in [4.78, 5) is 37.0. The van der Waals surface area contributed by atoms with E-state index >= 15 is 0 Å². The summed E-state index contributed by atoms with van der Waals surface area (Å²) in [6.45, 7) is 0. The van der Waals surface area contributed by atoms with E-state index in [2.05, 4.69) is 4.99 Å². The van der Waals surface area contributed by atoms with E-state index in [1.165, 1.54) is 56.7 Å². The molecule has 4 rings (SSSR count). The van der Waals surface area contributed by atoms with E-state index in [0.717, 1.165) is 24.3 Å². The second kappa shape index (κ2) is 10.6. The molecule has 0 saturated heterocycles. The zero-order valence-electron chi connectivity index (χ0n) is 20.1. The first kappa shape index (κ1) is 26.7. The molecule has 0 N–H and O–H groups in total. The molecule has 3 aromatic carbocycles. The van der Waals surface area contributed by atoms with E-state index in [9.17, 15) is 33.4 Å². The maximum absolute atomic E-state index is 12.7. The van der Waals surface area contributed by atoms with Gasteiger partial charge in [0, 0.05) is 23.8 Å². The maximum atomic E-state index is 12.7. The molecule has 3 aromatic rings. The predicted octanol–water partition coefficient (Wildman–Crippen LogP) is 3.63. The topological polar surface area (TPSA) is 187 Å². The average Bonchev–Trinajstić information content (AvgIpc) is 3.28. The van der Waals surface area contributed by atoms with Crippen molar-refractivity contribution in [2.45, 2.75) is 4.90 Å². The van der Waals surface area contributed by atoms with Crippen molar-refractivity contribution in [1.82, 2.24) is 0 Å². The zero-order valence-corrected chi connectivity index (χ0v) is 20.9. The lowest BCUT2D eigenvalue weighted by Gasteiger charge is -2.11. The number of methoxy groups -OCH3 is 2. The molecule has 0 unspecified atom stereocenters. The summed E-state index contributed by atoms with van der Waals surface area (Å²) in [7, 11) is -1.91. The summed E-state index contributed by atoms with van der Waals surface area (Å²) in [6, 6.07) is 12.3. The number of esters is 1. The highest BCUT2D eigenvalue weighted by Gasteiger charge is 2.27. The van der Waals surface area contributed by atoms with Gasteiger partial charge in [0.25, 0.3) is 5.69 Å². The van der Waals surface area contributed by atoms with Gasteiger partial charge in [0.05, 0.1) is 24.1 Å². The lowest BCUT2D eigenvalue weighted by Crippen LogP contribution is -2.10. The minimum absolute atomic E-state index is 0.0198. The smallest absolute Gasteiger partial charge is 0.363 e. The second-order valence-electron chi connectivity index (χ2n) is 7.68. The van der Waals surface area contributed by atoms with Crippen LogP contribution in [0.25, 0.3) is 6.08 Å². The number of nitrogens with zero attached hydrogens (tertiary/aromatic N) is 3. The fraction of sp³-hybridized carbons (Fsp3) is 0.0833. The van der Waals surface area contributed by atoms with Gasteiger partial charge in [-0.3, -0.25) is 20.2 Å². The van der Waals surface area contributed by atoms with E-state index in [1.54, 1.807) is 0 Å². The number of nitro benzene ring substituents is 2. The number of aliphatic imine (C=N–C) groups is 1. The Morgan fingerprint density at radius 3 is 2.28 bits per heavy atom. The van der Waals surface area contributed by atoms with E-state index in [-0.39, 0.29) is 40.1 Å². The normalized spacial score (nSPS) is 13.9. The van der Waals surface area contributed by atoms with Gasteiger partial charge >= 0.3 is 21.8 Å². The highest BCUT2D eigenvalue weighted by molar-refractivity contribution is 7.87. The van der Waals surface area contributed by atoms with Crippen molar-refractivity contribution in [1.29, 1.82) is 0 Å². The van der Waals surface area contributed by atoms with Gasteiger partial charge in [0.1, 0.15) is 4.90 Å². The predicted molar refractivity (Wildman–Crippen MR) is 134 cm³/mol. The van der Waals surface area contributed by atoms with Crippen LogP contribution in [-0.2, 0) is 19.6 Å². The van der Waals surface area contributed by atoms with E-state index < -0.39 is 36.5 Å². The van der Waals surface area contributed by atoms with Crippen molar-refractivity contribution in [3.63, 3.8) is 0 Å². The summed E-state index contributed by atoms with van der Waals surface area (Å²) in [5, 5.41) is 22.3. The van der Waals surface area contributed by atoms with Gasteiger partial charge in [-0.25, -0.2) is 9.79 Å². The molecule has 0 radical (unpaired) electrons. The highest BCUT2D eigenvalue weighted by atomic mass is 32.2. The minimum atomic E-state index is -4.45. The summed E-state index contributed by atoms with van der Waals surface area (Å²) in [5.41, 5.74) is -0.382. The molecule has 0 atom stereocenters. The van der Waals surface area contributed by atoms with Crippen LogP contribution in [-0.4, -0.2) is 44.4 Å². The number of rotatable bonds is 9. The molecule has 14 nitrogen and oxygen atoms in total. The van der Waals surface area contributed by atoms with Crippen molar-refractivity contribution in [3.8, 4) is 17.2 Å². The number of carbonyl (C=O) groups is 1. The third-order valence-corrected chi connectivity index (χ3v) is 6.48. The first-order valence-corrected chi connectivity index (χ1v) is 12.2. The third-order valence-electron chi connectivity index (χ3n) is 5.25. The van der Waals surface area contributed by atoms with E-state index in [4.69, 9.17) is 18.4 Å². The Bertz CT molecular complexity index is 1680. The molecule has 0 bridgehead atoms. The second-order valence-corrected chi connectivity index (χ2v) is 9.23. The molecule has 0 spiro atoms. The molecule has 0 fully saturated rings. The molecule has 200 valence electrons. The van der Waals surface area contributed by atoms with Crippen LogP contribution in [0.4, 0.5) is 11.4 Å². The molecule has 0 amide bonds. The summed E-state index contributed by atoms with van der Waals surface area (Å²) in [6.07, 6.45) is 1.33. The number of ether oxygens (including phenoxy) is 3. The van der Waals surface area contributed by atoms with Crippen LogP contribution in [0, 0.1) is 20.2 Å². The molecule has 0 aromatic heterocycles. The van der Waals surface area contributed by atoms with E-state index in [1.807, 2.05) is 0 Å². The third kappa shape index (κ3) is 5.67. The number of benzene rings is 3. The Kier molecular flexibility index (Phi) is 7.26. The quantitative estimate of drug-likeness (QED) is 0.123. The number of cyclic esters (lactones) is 1. The standard InChI is InChI=1S/C24H17N3O11S/c1-35-20-9-7-15(12-19(20)27(31)32)23-25-18(24(28)37-23)10-14-6-8-21(22(11-14)36-2)38-39(33,34)17-5-3-4-16(13-17)26(29)30/h3-13H,1-2H3/b18-10-. The van der Waals surface area contributed by atoms with Crippen LogP contribution < -0.4 is 13.7 Å². The highest BCUT2D eigenvalue weighted by Crippen LogP contribution is 2.33. The number of carbonyl (C=O) groups excluding carboxylic acids is 1. The molecule has 1 heterocycles. The van der Waals surface area contributed by atoms with Crippen molar-refractivity contribution >= 4 is 39.4 Å². The lowest BCUT2D eigenvalue weighted by atomic mass is 10.1. The van der Waals surface area contributed by atoms with Gasteiger partial charge in [-0.2, -0.15) is 8.42 Å². The summed E-state index contributed by atoms with van der Waals surface area (Å²) < 4.78 is 45.8. The molecule has 15 heteroatoms. The molecule has 39 heavy (non-hydrogen) atoms. The molecule has 1 aliphatic heterocycles. The average molecular weight is 555 g/mol. The monoisotopic (exact) mass is 555 g/mol. The Labute approximate surface area is 220 Å². The van der Waals surface area contributed by atoms with Crippen LogP contribution in [0.3, 0.4) is 0 Å². The maximum Gasteiger partial charge on any atom is 0.363 e. The molecular weight excluding hydrogens is 538 g/mol. The van der Waals surface area contributed by atoms with Crippen molar-refractivity contribution in [2.24, 2.45) is 4.99 Å². The van der Waals surface area contributed by atoms with Crippen LogP contribution in [0.5, 0.6) is 17.2 Å². The number of nitro groups is 2. The number of hydrogen-bond acceptors (Lipinski definition) is 12. The summed E-state index contributed by atoms with van der Waals surface area (Å²) in [5.74, 6) is -1.20. The Morgan fingerprint density at radius 1 is 0.897 bits per heavy atom. The van der Waals surface area contributed by atoms with Gasteiger partial charge in [0.15, 0.2) is 22.9 Å². The van der Waals surface area contributed by atoms with Crippen LogP contribution in [0.15, 0.2) is 76.2 Å². The van der Waals surface area contributed by atoms with Crippen molar-refractivity contribution < 1.29 is 41.5 Å². The van der Waals surface area contributed by atoms with Crippen LogP contribution in [0.2, 0.25) is 0 Å². The Morgan fingerprint density at radius 2 is 1.62 bits per heavy atom. The Hall–Kier alpha value is -5.31. The largest absolute Gasteiger partial charge is 0.493 e. The SMILES string of the molecule is COc1cc(/C=C2\N=C(c3ccc(OC)c([N+](=O)[O-])c3)OC2=O)ccc1OS(=O)(=O)c1cccc([N+](=O)[O-])c1. The van der Waals surface area contributed by atoms with Crippen LogP contribution in [0.1, 0.15) is 11.1 Å². The Balaban J connectivity index is 1.62. The van der Waals surface area contributed by atoms with Gasteiger partial charge < -0.3 is 18.4 Å². The fourth-order valence-electron chi connectivity index (χ4n) is 3.42. The van der Waals surface area contributed by atoms with Gasteiger partial charge in [-0.1, -0.05) is 12.1 Å². The first-order chi connectivity index (χ1) is 18.5. The molecular formula is C24H17N3O11S. The van der Waals surface area contributed by atoms with Crippen LogP contribution >= 0.6 is 0 Å². The molecule has 0 aliphatic carbocycles. The molecule has 0 saturated carbocycles. The fourth-order valence-corrected chi connectivity index (χ4v) is 4.40. The lowest BCUT2D eigenvalue weighted by molar-refractivity contribution is -0.385. The van der Waals surface area contributed by atoms with Crippen molar-refractivity contribution in [3.05, 3.63) is 97.7 Å². The van der Waals surface area contributed by atoms with Crippen molar-refractivity contribution in [2.75, 3.05) is 14.2 Å². The first-order valence-electron chi connectivity index (χ1n) is 10.7. The molecule has 1 aliphatic rings. The minimum Gasteiger partial charge on any atom is -0.493 e. The zero-order chi connectivity index (χ0) is 28.3. The van der Waals surface area contributed by atoms with Gasteiger partial charge in [-0.05, 0) is 42.0 Å². The van der Waals surface area contributed by atoms with E-state index in [0.29, 0.717) is 5.56 Å². The number of hydrogen-bond donors (Lipinski definition) is 0.